The summed E-state index contributed by atoms with van der Waals surface area (Å²) < 4.78 is 1.91. The molecule has 1 rings (SSSR count). The van der Waals surface area contributed by atoms with E-state index >= 15 is 0 Å². The molecule has 0 radical (unpaired) electrons. The van der Waals surface area contributed by atoms with Gasteiger partial charge in [-0.25, -0.2) is 0 Å². The molecule has 0 spiro atoms. The second-order valence-corrected chi connectivity index (χ2v) is 4.73. The van der Waals surface area contributed by atoms with Crippen LogP contribution < -0.4 is 5.73 Å². The first-order valence-corrected chi connectivity index (χ1v) is 5.86. The summed E-state index contributed by atoms with van der Waals surface area (Å²) in [4.78, 5) is 2.84. The van der Waals surface area contributed by atoms with Crippen molar-refractivity contribution in [2.75, 3.05) is 20.1 Å². The van der Waals surface area contributed by atoms with E-state index in [0.717, 1.165) is 19.5 Å². The van der Waals surface area contributed by atoms with Gasteiger partial charge in [-0.3, -0.25) is 4.68 Å². The van der Waals surface area contributed by atoms with Gasteiger partial charge in [0.2, 0.25) is 0 Å². The molecule has 4 nitrogen and oxygen atoms in total. The lowest BCUT2D eigenvalue weighted by Gasteiger charge is -2.20. The molecule has 0 fully saturated rings. The SMILES string of the molecule is CC(CN(C)CCc1ccnn1C)C(N)=S. The van der Waals surface area contributed by atoms with Crippen molar-refractivity contribution >= 4 is 17.2 Å². The fourth-order valence-corrected chi connectivity index (χ4v) is 1.68. The molecular formula is C11H20N4S. The molecule has 1 atom stereocenters. The number of nitrogens with two attached hydrogens (primary N) is 1. The minimum atomic E-state index is 0.270. The summed E-state index contributed by atoms with van der Waals surface area (Å²) in [5, 5.41) is 4.14. The van der Waals surface area contributed by atoms with Crippen molar-refractivity contribution in [3.8, 4) is 0 Å². The number of aryl methyl sites for hydroxylation is 1. The topological polar surface area (TPSA) is 47.1 Å². The van der Waals surface area contributed by atoms with E-state index in [1.165, 1.54) is 5.69 Å². The van der Waals surface area contributed by atoms with E-state index < -0.39 is 0 Å². The number of hydrogen-bond acceptors (Lipinski definition) is 3. The first kappa shape index (κ1) is 13.1. The second kappa shape index (κ2) is 5.96. The van der Waals surface area contributed by atoms with Crippen molar-refractivity contribution in [1.82, 2.24) is 14.7 Å². The van der Waals surface area contributed by atoms with Crippen molar-refractivity contribution in [3.63, 3.8) is 0 Å². The van der Waals surface area contributed by atoms with Gasteiger partial charge in [0.15, 0.2) is 0 Å². The van der Waals surface area contributed by atoms with Crippen LogP contribution >= 0.6 is 12.2 Å². The summed E-state index contributed by atoms with van der Waals surface area (Å²) in [7, 11) is 4.05. The molecule has 0 aliphatic carbocycles. The van der Waals surface area contributed by atoms with Crippen molar-refractivity contribution < 1.29 is 0 Å². The predicted molar refractivity (Wildman–Crippen MR) is 70.4 cm³/mol. The number of hydrogen-bond donors (Lipinski definition) is 1. The fourth-order valence-electron chi connectivity index (χ4n) is 1.60. The van der Waals surface area contributed by atoms with E-state index in [-0.39, 0.29) is 5.92 Å². The third-order valence-electron chi connectivity index (χ3n) is 2.74. The van der Waals surface area contributed by atoms with Crippen LogP contribution in [0.2, 0.25) is 0 Å². The first-order chi connectivity index (χ1) is 7.50. The zero-order valence-corrected chi connectivity index (χ0v) is 11.0. The third kappa shape index (κ3) is 3.90. The number of thiocarbonyl (C=S) groups is 1. The Morgan fingerprint density at radius 2 is 2.38 bits per heavy atom. The van der Waals surface area contributed by atoms with Crippen LogP contribution in [0.25, 0.3) is 0 Å². The highest BCUT2D eigenvalue weighted by molar-refractivity contribution is 7.80. The molecule has 1 heterocycles. The third-order valence-corrected chi connectivity index (χ3v) is 3.15. The van der Waals surface area contributed by atoms with Crippen LogP contribution in [0.4, 0.5) is 0 Å². The minimum Gasteiger partial charge on any atom is -0.393 e. The largest absolute Gasteiger partial charge is 0.393 e. The van der Waals surface area contributed by atoms with Crippen molar-refractivity contribution in [1.29, 1.82) is 0 Å². The van der Waals surface area contributed by atoms with Crippen LogP contribution in [0, 0.1) is 5.92 Å². The average Bonchev–Trinajstić information content (AvgIpc) is 2.61. The summed E-state index contributed by atoms with van der Waals surface area (Å²) in [5.41, 5.74) is 6.83. The summed E-state index contributed by atoms with van der Waals surface area (Å²) in [6.45, 7) is 3.96. The van der Waals surface area contributed by atoms with Crippen LogP contribution in [-0.2, 0) is 13.5 Å². The Balaban J connectivity index is 2.33. The standard InChI is InChI=1S/C11H20N4S/c1-9(11(12)16)8-14(2)7-5-10-4-6-13-15(10)3/h4,6,9H,5,7-8H2,1-3H3,(H2,12,16). The zero-order valence-electron chi connectivity index (χ0n) is 10.2. The molecule has 0 bridgehead atoms. The van der Waals surface area contributed by atoms with Crippen molar-refractivity contribution in [2.24, 2.45) is 18.7 Å². The number of rotatable bonds is 6. The van der Waals surface area contributed by atoms with E-state index in [4.69, 9.17) is 18.0 Å². The summed E-state index contributed by atoms with van der Waals surface area (Å²) in [6.07, 6.45) is 2.82. The molecule has 1 aromatic rings. The highest BCUT2D eigenvalue weighted by Gasteiger charge is 2.09. The van der Waals surface area contributed by atoms with Crippen LogP contribution in [0.3, 0.4) is 0 Å². The lowest BCUT2D eigenvalue weighted by Crippen LogP contribution is -2.32. The van der Waals surface area contributed by atoms with E-state index in [9.17, 15) is 0 Å². The molecule has 0 saturated heterocycles. The maximum absolute atomic E-state index is 5.59. The molecule has 1 aromatic heterocycles. The van der Waals surface area contributed by atoms with Gasteiger partial charge in [-0.05, 0) is 13.1 Å². The number of likely N-dealkylation sites (N-methyl/N-ethyl adjacent to an activating group) is 1. The molecule has 0 aromatic carbocycles. The Bertz CT molecular complexity index is 348. The molecule has 0 saturated carbocycles. The van der Waals surface area contributed by atoms with E-state index in [2.05, 4.69) is 24.0 Å². The Kier molecular flexibility index (Phi) is 4.89. The molecule has 90 valence electrons. The van der Waals surface area contributed by atoms with Gasteiger partial charge in [0, 0.05) is 44.4 Å². The lowest BCUT2D eigenvalue weighted by molar-refractivity contribution is 0.316. The highest BCUT2D eigenvalue weighted by atomic mass is 32.1. The molecule has 0 amide bonds. The van der Waals surface area contributed by atoms with Gasteiger partial charge in [-0.2, -0.15) is 5.10 Å². The Labute approximate surface area is 102 Å². The maximum Gasteiger partial charge on any atom is 0.0768 e. The van der Waals surface area contributed by atoms with E-state index in [1.54, 1.807) is 0 Å². The average molecular weight is 240 g/mol. The van der Waals surface area contributed by atoms with Gasteiger partial charge in [0.25, 0.3) is 0 Å². The van der Waals surface area contributed by atoms with Gasteiger partial charge in [0.05, 0.1) is 4.99 Å². The summed E-state index contributed by atoms with van der Waals surface area (Å²) in [6, 6.07) is 2.05. The van der Waals surface area contributed by atoms with Crippen LogP contribution in [0.1, 0.15) is 12.6 Å². The molecule has 2 N–H and O–H groups in total. The monoisotopic (exact) mass is 240 g/mol. The second-order valence-electron chi connectivity index (χ2n) is 4.26. The normalized spacial score (nSPS) is 13.0. The van der Waals surface area contributed by atoms with E-state index in [0.29, 0.717) is 4.99 Å². The van der Waals surface area contributed by atoms with Gasteiger partial charge >= 0.3 is 0 Å². The predicted octanol–water partition coefficient (Wildman–Crippen LogP) is 0.817. The summed E-state index contributed by atoms with van der Waals surface area (Å²) >= 11 is 4.96. The van der Waals surface area contributed by atoms with Gasteiger partial charge in [-0.15, -0.1) is 0 Å². The maximum atomic E-state index is 5.59. The number of aromatic nitrogens is 2. The smallest absolute Gasteiger partial charge is 0.0768 e. The lowest BCUT2D eigenvalue weighted by atomic mass is 10.1. The molecule has 0 aliphatic heterocycles. The van der Waals surface area contributed by atoms with Crippen LogP contribution in [0.5, 0.6) is 0 Å². The zero-order chi connectivity index (χ0) is 12.1. The van der Waals surface area contributed by atoms with Gasteiger partial charge < -0.3 is 10.6 Å². The Morgan fingerprint density at radius 1 is 1.69 bits per heavy atom. The fraction of sp³-hybridized carbons (Fsp3) is 0.636. The first-order valence-electron chi connectivity index (χ1n) is 5.45. The molecule has 0 aliphatic rings. The number of nitrogens with zero attached hydrogens (tertiary/aromatic N) is 3. The van der Waals surface area contributed by atoms with Gasteiger partial charge in [-0.1, -0.05) is 19.1 Å². The van der Waals surface area contributed by atoms with Crippen molar-refractivity contribution in [2.45, 2.75) is 13.3 Å². The van der Waals surface area contributed by atoms with E-state index in [1.807, 2.05) is 24.0 Å². The van der Waals surface area contributed by atoms with Gasteiger partial charge in [0.1, 0.15) is 0 Å². The summed E-state index contributed by atoms with van der Waals surface area (Å²) in [5.74, 6) is 0.270. The van der Waals surface area contributed by atoms with Crippen LogP contribution in [0.15, 0.2) is 12.3 Å². The molecule has 5 heteroatoms. The Morgan fingerprint density at radius 3 is 2.88 bits per heavy atom. The Hall–Kier alpha value is -0.940. The molecule has 1 unspecified atom stereocenters. The molecule has 16 heavy (non-hydrogen) atoms. The highest BCUT2D eigenvalue weighted by Crippen LogP contribution is 2.02. The van der Waals surface area contributed by atoms with Crippen LogP contribution in [-0.4, -0.2) is 39.8 Å². The minimum absolute atomic E-state index is 0.270. The van der Waals surface area contributed by atoms with Crippen molar-refractivity contribution in [3.05, 3.63) is 18.0 Å². The quantitative estimate of drug-likeness (QED) is 0.748. The molecular weight excluding hydrogens is 220 g/mol.